The average molecular weight is 281 g/mol. The minimum atomic E-state index is -3.64. The Morgan fingerprint density at radius 1 is 1.21 bits per heavy atom. The molecule has 102 valence electrons. The van der Waals surface area contributed by atoms with Gasteiger partial charge >= 0.3 is 0 Å². The topological polar surface area (TPSA) is 70.8 Å². The van der Waals surface area contributed by atoms with Crippen LogP contribution >= 0.6 is 0 Å². The van der Waals surface area contributed by atoms with E-state index in [-0.39, 0.29) is 18.0 Å². The fraction of sp³-hybridized carbons (Fsp3) is 0.231. The van der Waals surface area contributed by atoms with E-state index in [0.717, 1.165) is 0 Å². The van der Waals surface area contributed by atoms with Crippen molar-refractivity contribution < 1.29 is 17.9 Å². The van der Waals surface area contributed by atoms with E-state index < -0.39 is 10.0 Å². The SMILES string of the molecule is CN(Cc1ccco1)S(=O)(=O)c1ccccc1CO. The lowest BCUT2D eigenvalue weighted by atomic mass is 10.2. The van der Waals surface area contributed by atoms with Gasteiger partial charge in [0.2, 0.25) is 10.0 Å². The monoisotopic (exact) mass is 281 g/mol. The third-order valence-electron chi connectivity index (χ3n) is 2.79. The zero-order valence-corrected chi connectivity index (χ0v) is 11.3. The van der Waals surface area contributed by atoms with Crippen LogP contribution in [0.5, 0.6) is 0 Å². The lowest BCUT2D eigenvalue weighted by Crippen LogP contribution is -2.27. The molecular formula is C13H15NO4S. The van der Waals surface area contributed by atoms with Crippen LogP contribution in [-0.2, 0) is 23.2 Å². The van der Waals surface area contributed by atoms with Gasteiger partial charge < -0.3 is 9.52 Å². The van der Waals surface area contributed by atoms with Gasteiger partial charge in [0.15, 0.2) is 0 Å². The molecule has 0 unspecified atom stereocenters. The Labute approximate surface area is 112 Å². The summed E-state index contributed by atoms with van der Waals surface area (Å²) in [6, 6.07) is 9.82. The van der Waals surface area contributed by atoms with Crippen molar-refractivity contribution in [3.05, 3.63) is 54.0 Å². The van der Waals surface area contributed by atoms with Crippen LogP contribution in [0.15, 0.2) is 52.0 Å². The van der Waals surface area contributed by atoms with Crippen molar-refractivity contribution in [2.75, 3.05) is 7.05 Å². The van der Waals surface area contributed by atoms with Crippen molar-refractivity contribution in [1.29, 1.82) is 0 Å². The summed E-state index contributed by atoms with van der Waals surface area (Å²) >= 11 is 0. The summed E-state index contributed by atoms with van der Waals surface area (Å²) in [5.74, 6) is 0.563. The molecule has 0 fully saturated rings. The largest absolute Gasteiger partial charge is 0.468 e. The quantitative estimate of drug-likeness (QED) is 0.903. The van der Waals surface area contributed by atoms with E-state index in [0.29, 0.717) is 11.3 Å². The van der Waals surface area contributed by atoms with Crippen molar-refractivity contribution in [3.63, 3.8) is 0 Å². The second-order valence-corrected chi connectivity index (χ2v) is 6.12. The molecule has 0 atom stereocenters. The number of hydrogen-bond donors (Lipinski definition) is 1. The number of aliphatic hydroxyl groups is 1. The highest BCUT2D eigenvalue weighted by molar-refractivity contribution is 7.89. The van der Waals surface area contributed by atoms with Crippen molar-refractivity contribution in [2.24, 2.45) is 0 Å². The highest BCUT2D eigenvalue weighted by Crippen LogP contribution is 2.20. The maximum atomic E-state index is 12.4. The third-order valence-corrected chi connectivity index (χ3v) is 4.69. The highest BCUT2D eigenvalue weighted by Gasteiger charge is 2.24. The van der Waals surface area contributed by atoms with Gasteiger partial charge in [-0.15, -0.1) is 0 Å². The molecule has 1 aromatic heterocycles. The summed E-state index contributed by atoms with van der Waals surface area (Å²) in [6.07, 6.45) is 1.50. The van der Waals surface area contributed by atoms with Crippen molar-refractivity contribution >= 4 is 10.0 Å². The molecule has 6 heteroatoms. The van der Waals surface area contributed by atoms with Crippen molar-refractivity contribution in [2.45, 2.75) is 18.0 Å². The van der Waals surface area contributed by atoms with Gasteiger partial charge in [-0.1, -0.05) is 18.2 Å². The molecule has 0 saturated carbocycles. The third kappa shape index (κ3) is 2.86. The van der Waals surface area contributed by atoms with Crippen LogP contribution in [0.25, 0.3) is 0 Å². The fourth-order valence-corrected chi connectivity index (χ4v) is 3.11. The Morgan fingerprint density at radius 3 is 2.58 bits per heavy atom. The maximum Gasteiger partial charge on any atom is 0.243 e. The second kappa shape index (κ2) is 5.56. The van der Waals surface area contributed by atoms with E-state index in [1.165, 1.54) is 23.7 Å². The molecule has 0 bridgehead atoms. The standard InChI is InChI=1S/C13H15NO4S/c1-14(9-12-6-4-8-18-12)19(16,17)13-7-3-2-5-11(13)10-15/h2-8,15H,9-10H2,1H3. The fourth-order valence-electron chi connectivity index (χ4n) is 1.76. The Kier molecular flexibility index (Phi) is 4.04. The van der Waals surface area contributed by atoms with Crippen LogP contribution in [0, 0.1) is 0 Å². The van der Waals surface area contributed by atoms with Gasteiger partial charge in [-0.25, -0.2) is 8.42 Å². The molecular weight excluding hydrogens is 266 g/mol. The van der Waals surface area contributed by atoms with Gasteiger partial charge in [0.05, 0.1) is 24.3 Å². The molecule has 0 aliphatic carbocycles. The number of rotatable bonds is 5. The Bertz CT molecular complexity index is 634. The van der Waals surface area contributed by atoms with E-state index >= 15 is 0 Å². The smallest absolute Gasteiger partial charge is 0.243 e. The molecule has 19 heavy (non-hydrogen) atoms. The second-order valence-electron chi connectivity index (χ2n) is 4.11. The highest BCUT2D eigenvalue weighted by atomic mass is 32.2. The van der Waals surface area contributed by atoms with Gasteiger partial charge in [0, 0.05) is 7.05 Å². The van der Waals surface area contributed by atoms with Crippen LogP contribution in [0.3, 0.4) is 0 Å². The number of nitrogens with zero attached hydrogens (tertiary/aromatic N) is 1. The number of aliphatic hydroxyl groups excluding tert-OH is 1. The molecule has 0 amide bonds. The minimum Gasteiger partial charge on any atom is -0.468 e. The van der Waals surface area contributed by atoms with Gasteiger partial charge in [-0.2, -0.15) is 4.31 Å². The number of sulfonamides is 1. The van der Waals surface area contributed by atoms with Crippen LogP contribution < -0.4 is 0 Å². The number of benzene rings is 1. The van der Waals surface area contributed by atoms with Crippen molar-refractivity contribution in [3.8, 4) is 0 Å². The van der Waals surface area contributed by atoms with E-state index in [2.05, 4.69) is 0 Å². The zero-order valence-electron chi connectivity index (χ0n) is 10.5. The lowest BCUT2D eigenvalue weighted by molar-refractivity contribution is 0.278. The van der Waals surface area contributed by atoms with Gasteiger partial charge in [0.1, 0.15) is 5.76 Å². The van der Waals surface area contributed by atoms with Crippen LogP contribution in [0.4, 0.5) is 0 Å². The van der Waals surface area contributed by atoms with E-state index in [4.69, 9.17) is 4.42 Å². The van der Waals surface area contributed by atoms with Gasteiger partial charge in [-0.05, 0) is 23.8 Å². The number of furan rings is 1. The summed E-state index contributed by atoms with van der Waals surface area (Å²) in [4.78, 5) is 0.117. The Morgan fingerprint density at radius 2 is 1.95 bits per heavy atom. The maximum absolute atomic E-state index is 12.4. The molecule has 0 spiro atoms. The normalized spacial score (nSPS) is 11.9. The van der Waals surface area contributed by atoms with E-state index in [1.807, 2.05) is 0 Å². The molecule has 1 N–H and O–H groups in total. The molecule has 2 aromatic rings. The molecule has 1 aromatic carbocycles. The van der Waals surface area contributed by atoms with E-state index in [9.17, 15) is 13.5 Å². The Hall–Kier alpha value is -1.63. The van der Waals surface area contributed by atoms with Crippen LogP contribution in [0.2, 0.25) is 0 Å². The first-order chi connectivity index (χ1) is 9.05. The molecule has 0 aliphatic rings. The van der Waals surface area contributed by atoms with Crippen molar-refractivity contribution in [1.82, 2.24) is 4.31 Å². The van der Waals surface area contributed by atoms with E-state index in [1.54, 1.807) is 30.3 Å². The predicted octanol–water partition coefficient (Wildman–Crippen LogP) is 1.59. The molecule has 1 heterocycles. The number of hydrogen-bond acceptors (Lipinski definition) is 4. The predicted molar refractivity (Wildman–Crippen MR) is 69.7 cm³/mol. The first-order valence-corrected chi connectivity index (χ1v) is 7.17. The first kappa shape index (κ1) is 13.8. The molecule has 0 saturated heterocycles. The van der Waals surface area contributed by atoms with Crippen LogP contribution in [-0.4, -0.2) is 24.9 Å². The van der Waals surface area contributed by atoms with Gasteiger partial charge in [0.25, 0.3) is 0 Å². The molecule has 5 nitrogen and oxygen atoms in total. The summed E-state index contributed by atoms with van der Waals surface area (Å²) < 4.78 is 31.2. The average Bonchev–Trinajstić information content (AvgIpc) is 2.91. The molecule has 0 radical (unpaired) electrons. The van der Waals surface area contributed by atoms with Gasteiger partial charge in [-0.3, -0.25) is 0 Å². The Balaban J connectivity index is 2.31. The first-order valence-electron chi connectivity index (χ1n) is 5.73. The summed E-state index contributed by atoms with van der Waals surface area (Å²) in [6.45, 7) is -0.168. The zero-order chi connectivity index (χ0) is 13.9. The van der Waals surface area contributed by atoms with Crippen LogP contribution in [0.1, 0.15) is 11.3 Å². The molecule has 2 rings (SSSR count). The summed E-state index contributed by atoms with van der Waals surface area (Å²) in [5.41, 5.74) is 0.383. The summed E-state index contributed by atoms with van der Waals surface area (Å²) in [7, 11) is -2.17. The molecule has 0 aliphatic heterocycles. The summed E-state index contributed by atoms with van der Waals surface area (Å²) in [5, 5.41) is 9.22. The lowest BCUT2D eigenvalue weighted by Gasteiger charge is -2.17. The minimum absolute atomic E-state index is 0.117.